The molecule has 1 aliphatic heterocycles. The number of hydrogen-bond donors (Lipinski definition) is 0. The van der Waals surface area contributed by atoms with Crippen molar-refractivity contribution in [2.24, 2.45) is 0 Å². The lowest BCUT2D eigenvalue weighted by Crippen LogP contribution is -2.30. The van der Waals surface area contributed by atoms with E-state index in [1.807, 2.05) is 0 Å². The van der Waals surface area contributed by atoms with Crippen LogP contribution < -0.4 is 0 Å². The summed E-state index contributed by atoms with van der Waals surface area (Å²) >= 11 is 0. The predicted molar refractivity (Wildman–Crippen MR) is 66.6 cm³/mol. The Morgan fingerprint density at radius 2 is 2.00 bits per heavy atom. The number of rotatable bonds is 4. The fourth-order valence-electron chi connectivity index (χ4n) is 1.73. The average Bonchev–Trinajstić information content (AvgIpc) is 2.77. The van der Waals surface area contributed by atoms with Crippen molar-refractivity contribution in [1.82, 2.24) is 0 Å². The van der Waals surface area contributed by atoms with Gasteiger partial charge < -0.3 is 14.2 Å². The van der Waals surface area contributed by atoms with Gasteiger partial charge in [0.25, 0.3) is 0 Å². The number of ether oxygens (including phenoxy) is 3. The van der Waals surface area contributed by atoms with E-state index in [4.69, 9.17) is 14.2 Å². The summed E-state index contributed by atoms with van der Waals surface area (Å²) in [6.45, 7) is 3.35. The molecule has 0 spiro atoms. The van der Waals surface area contributed by atoms with Crippen molar-refractivity contribution in [2.75, 3.05) is 13.2 Å². The van der Waals surface area contributed by atoms with Gasteiger partial charge in [0.2, 0.25) is 5.78 Å². The van der Waals surface area contributed by atoms with Gasteiger partial charge in [-0.15, -0.1) is 0 Å². The highest BCUT2D eigenvalue weighted by molar-refractivity contribution is 5.92. The van der Waals surface area contributed by atoms with Crippen LogP contribution in [0.5, 0.6) is 0 Å². The van der Waals surface area contributed by atoms with Gasteiger partial charge in [0.15, 0.2) is 12.4 Å². The van der Waals surface area contributed by atoms with Crippen molar-refractivity contribution < 1.29 is 23.8 Å². The molecule has 1 saturated heterocycles. The molecular formula is C14H16O5. The molecule has 0 radical (unpaired) electrons. The molecule has 0 unspecified atom stereocenters. The topological polar surface area (TPSA) is 61.8 Å². The first-order valence-corrected chi connectivity index (χ1v) is 6.04. The van der Waals surface area contributed by atoms with E-state index in [9.17, 15) is 9.59 Å². The normalized spacial score (nSPS) is 21.1. The fraction of sp³-hybridized carbons (Fsp3) is 0.429. The molecular weight excluding hydrogens is 248 g/mol. The summed E-state index contributed by atoms with van der Waals surface area (Å²) in [5.41, 5.74) is 0.416. The Balaban J connectivity index is 1.83. The first-order valence-electron chi connectivity index (χ1n) is 6.04. The van der Waals surface area contributed by atoms with E-state index in [1.165, 1.54) is 0 Å². The molecule has 0 saturated carbocycles. The zero-order valence-electron chi connectivity index (χ0n) is 10.9. The van der Waals surface area contributed by atoms with Crippen LogP contribution in [0.25, 0.3) is 0 Å². The summed E-state index contributed by atoms with van der Waals surface area (Å²) in [5, 5.41) is 0. The Morgan fingerprint density at radius 1 is 1.32 bits per heavy atom. The second-order valence-corrected chi connectivity index (χ2v) is 4.73. The molecule has 1 heterocycles. The molecule has 0 aromatic heterocycles. The van der Waals surface area contributed by atoms with Crippen LogP contribution in [-0.2, 0) is 19.0 Å². The van der Waals surface area contributed by atoms with Gasteiger partial charge in [0.1, 0.15) is 6.10 Å². The lowest BCUT2D eigenvalue weighted by molar-refractivity contribution is -0.153. The molecule has 0 bridgehead atoms. The monoisotopic (exact) mass is 264 g/mol. The van der Waals surface area contributed by atoms with E-state index in [0.717, 1.165) is 0 Å². The van der Waals surface area contributed by atoms with E-state index in [1.54, 1.807) is 44.2 Å². The van der Waals surface area contributed by atoms with E-state index < -0.39 is 17.9 Å². The zero-order chi connectivity index (χ0) is 13.9. The van der Waals surface area contributed by atoms with Crippen molar-refractivity contribution in [2.45, 2.75) is 25.7 Å². The summed E-state index contributed by atoms with van der Waals surface area (Å²) < 4.78 is 15.6. The molecule has 1 aromatic carbocycles. The van der Waals surface area contributed by atoms with Crippen molar-refractivity contribution in [3.05, 3.63) is 35.9 Å². The van der Waals surface area contributed by atoms with E-state index in [-0.39, 0.29) is 19.0 Å². The Kier molecular flexibility index (Phi) is 3.97. The van der Waals surface area contributed by atoms with Gasteiger partial charge in [-0.2, -0.15) is 0 Å². The molecule has 5 nitrogen and oxygen atoms in total. The highest BCUT2D eigenvalue weighted by atomic mass is 16.7. The molecule has 0 aliphatic carbocycles. The standard InChI is InChI=1S/C14H16O5/c1-14(2)18-9-12(19-14)11(15)8-17-13(16)10-6-4-3-5-7-10/h3-7,12H,8-9H2,1-2H3/t12-/m0/s1. The molecule has 1 aliphatic rings. The molecule has 2 rings (SSSR count). The number of hydrogen-bond acceptors (Lipinski definition) is 5. The van der Waals surface area contributed by atoms with Gasteiger partial charge in [0, 0.05) is 0 Å². The first kappa shape index (κ1) is 13.7. The van der Waals surface area contributed by atoms with Crippen LogP contribution in [0.4, 0.5) is 0 Å². The molecule has 1 fully saturated rings. The van der Waals surface area contributed by atoms with Gasteiger partial charge in [-0.3, -0.25) is 4.79 Å². The lowest BCUT2D eigenvalue weighted by atomic mass is 10.2. The van der Waals surface area contributed by atoms with Gasteiger partial charge in [-0.1, -0.05) is 18.2 Å². The Labute approximate surface area is 111 Å². The highest BCUT2D eigenvalue weighted by Crippen LogP contribution is 2.22. The maximum atomic E-state index is 11.8. The van der Waals surface area contributed by atoms with Crippen molar-refractivity contribution in [1.29, 1.82) is 0 Å². The van der Waals surface area contributed by atoms with Crippen LogP contribution in [0.2, 0.25) is 0 Å². The maximum Gasteiger partial charge on any atom is 0.338 e. The van der Waals surface area contributed by atoms with Crippen LogP contribution in [-0.4, -0.2) is 36.9 Å². The third-order valence-corrected chi connectivity index (χ3v) is 2.72. The molecule has 19 heavy (non-hydrogen) atoms. The molecule has 102 valence electrons. The van der Waals surface area contributed by atoms with Crippen molar-refractivity contribution >= 4 is 11.8 Å². The van der Waals surface area contributed by atoms with Gasteiger partial charge in [-0.05, 0) is 26.0 Å². The van der Waals surface area contributed by atoms with Crippen molar-refractivity contribution in [3.63, 3.8) is 0 Å². The quantitative estimate of drug-likeness (QED) is 0.772. The van der Waals surface area contributed by atoms with Crippen LogP contribution >= 0.6 is 0 Å². The Hall–Kier alpha value is -1.72. The lowest BCUT2D eigenvalue weighted by Gasteiger charge is -2.16. The minimum atomic E-state index is -0.760. The smallest absolute Gasteiger partial charge is 0.338 e. The summed E-state index contributed by atoms with van der Waals surface area (Å²) in [4.78, 5) is 23.4. The fourth-order valence-corrected chi connectivity index (χ4v) is 1.73. The Bertz CT molecular complexity index is 466. The molecule has 1 aromatic rings. The maximum absolute atomic E-state index is 11.8. The third-order valence-electron chi connectivity index (χ3n) is 2.72. The van der Waals surface area contributed by atoms with Crippen LogP contribution in [0, 0.1) is 0 Å². The minimum Gasteiger partial charge on any atom is -0.454 e. The first-order chi connectivity index (χ1) is 8.98. The van der Waals surface area contributed by atoms with Crippen LogP contribution in [0.15, 0.2) is 30.3 Å². The molecule has 1 atom stereocenters. The Morgan fingerprint density at radius 3 is 2.58 bits per heavy atom. The van der Waals surface area contributed by atoms with E-state index in [2.05, 4.69) is 0 Å². The minimum absolute atomic E-state index is 0.189. The summed E-state index contributed by atoms with van der Waals surface area (Å²) in [6.07, 6.45) is -0.668. The van der Waals surface area contributed by atoms with Crippen LogP contribution in [0.1, 0.15) is 24.2 Å². The number of ketones is 1. The zero-order valence-corrected chi connectivity index (χ0v) is 10.9. The van der Waals surface area contributed by atoms with Gasteiger partial charge in [0.05, 0.1) is 12.2 Å². The number of carbonyl (C=O) groups excluding carboxylic acids is 2. The number of Topliss-reactive ketones (excluding diaryl/α,β-unsaturated/α-hetero) is 1. The largest absolute Gasteiger partial charge is 0.454 e. The van der Waals surface area contributed by atoms with E-state index in [0.29, 0.717) is 5.56 Å². The van der Waals surface area contributed by atoms with E-state index >= 15 is 0 Å². The van der Waals surface area contributed by atoms with Gasteiger partial charge in [-0.25, -0.2) is 4.79 Å². The number of carbonyl (C=O) groups is 2. The number of esters is 1. The highest BCUT2D eigenvalue weighted by Gasteiger charge is 2.37. The molecule has 0 amide bonds. The summed E-state index contributed by atoms with van der Waals surface area (Å²) in [7, 11) is 0. The third kappa shape index (κ3) is 3.62. The predicted octanol–water partition coefficient (Wildman–Crippen LogP) is 1.56. The summed E-state index contributed by atoms with van der Waals surface area (Å²) in [6, 6.07) is 8.52. The van der Waals surface area contributed by atoms with Crippen LogP contribution in [0.3, 0.4) is 0 Å². The second-order valence-electron chi connectivity index (χ2n) is 4.73. The summed E-state index contributed by atoms with van der Waals surface area (Å²) in [5.74, 6) is -1.58. The molecule has 5 heteroatoms. The molecule has 0 N–H and O–H groups in total. The average molecular weight is 264 g/mol. The second kappa shape index (κ2) is 5.50. The van der Waals surface area contributed by atoms with Gasteiger partial charge >= 0.3 is 5.97 Å². The SMILES string of the molecule is CC1(C)OC[C@@H](C(=O)COC(=O)c2ccccc2)O1. The number of benzene rings is 1. The van der Waals surface area contributed by atoms with Crippen molar-refractivity contribution in [3.8, 4) is 0 Å².